The second-order valence-corrected chi connectivity index (χ2v) is 14.1. The normalized spacial score (nSPS) is 11.7. The highest BCUT2D eigenvalue weighted by molar-refractivity contribution is 7.92. The molecule has 46 heavy (non-hydrogen) atoms. The van der Waals surface area contributed by atoms with Crippen molar-refractivity contribution in [3.63, 3.8) is 0 Å². The smallest absolute Gasteiger partial charge is 0.305 e. The third-order valence-corrected chi connectivity index (χ3v) is 10.8. The largest absolute Gasteiger partial charge is 0.469 e. The molecule has 11 nitrogen and oxygen atoms in total. The lowest BCUT2D eigenvalue weighted by Crippen LogP contribution is -2.03. The van der Waals surface area contributed by atoms with E-state index in [-0.39, 0.29) is 38.8 Å². The third kappa shape index (κ3) is 7.01. The predicted molar refractivity (Wildman–Crippen MR) is 172 cm³/mol. The number of hydrogen-bond acceptors (Lipinski definition) is 9. The number of carbonyl (C=O) groups excluding carboxylic acids is 1. The van der Waals surface area contributed by atoms with Crippen molar-refractivity contribution in [2.75, 3.05) is 13.7 Å². The van der Waals surface area contributed by atoms with Crippen LogP contribution in [0.4, 0.5) is 0 Å². The fraction of sp³-hybridized carbons (Fsp3) is 0.182. The van der Waals surface area contributed by atoms with Gasteiger partial charge < -0.3 is 9.84 Å². The van der Waals surface area contributed by atoms with Gasteiger partial charge in [-0.1, -0.05) is 48.5 Å². The number of aromatic amines is 2. The number of aryl methyl sites for hydroxylation is 2. The second-order valence-electron chi connectivity index (χ2n) is 10.3. The Kier molecular flexibility index (Phi) is 9.95. The quantitative estimate of drug-likeness (QED) is 0.174. The molecule has 2 aromatic heterocycles. The van der Waals surface area contributed by atoms with Crippen molar-refractivity contribution in [3.05, 3.63) is 108 Å². The number of sulfone groups is 2. The van der Waals surface area contributed by atoms with Crippen molar-refractivity contribution in [1.29, 1.82) is 0 Å². The van der Waals surface area contributed by atoms with Crippen LogP contribution in [0, 0.1) is 0 Å². The van der Waals surface area contributed by atoms with Crippen LogP contribution in [0.5, 0.6) is 0 Å². The minimum Gasteiger partial charge on any atom is -0.469 e. The lowest BCUT2D eigenvalue weighted by molar-refractivity contribution is -0.140. The zero-order valence-corrected chi connectivity index (χ0v) is 26.5. The molecule has 0 saturated heterocycles. The van der Waals surface area contributed by atoms with Crippen molar-refractivity contribution in [1.82, 2.24) is 20.4 Å². The molecule has 6 aromatic rings. The average Bonchev–Trinajstić information content (AvgIpc) is 3.72. The Balaban J connectivity index is 0.000000182. The molecule has 2 heterocycles. The summed E-state index contributed by atoms with van der Waals surface area (Å²) < 4.78 is 55.6. The van der Waals surface area contributed by atoms with E-state index in [1.165, 1.54) is 7.11 Å². The maximum Gasteiger partial charge on any atom is 0.305 e. The molecular weight excluding hydrogens is 629 g/mol. The van der Waals surface area contributed by atoms with Gasteiger partial charge in [-0.3, -0.25) is 15.0 Å². The maximum atomic E-state index is 12.8. The SMILES string of the molecule is COC(=O)CCc1ccc2n[nH]c(S(=O)(=O)c3ccccc3)c2c1.O=S(=O)(c1ccccc1)c1[nH]nc2ccc(CCCO)cc12. The minimum absolute atomic E-state index is 0.0589. The fourth-order valence-electron chi connectivity index (χ4n) is 4.85. The first kappa shape index (κ1) is 32.5. The van der Waals surface area contributed by atoms with Gasteiger partial charge in [0.1, 0.15) is 0 Å². The Morgan fingerprint density at radius 1 is 0.696 bits per heavy atom. The van der Waals surface area contributed by atoms with Crippen LogP contribution in [0.15, 0.2) is 117 Å². The van der Waals surface area contributed by atoms with Gasteiger partial charge in [-0.25, -0.2) is 16.8 Å². The summed E-state index contributed by atoms with van der Waals surface area (Å²) in [7, 11) is -5.97. The van der Waals surface area contributed by atoms with Crippen LogP contribution in [0.3, 0.4) is 0 Å². The monoisotopic (exact) mass is 660 g/mol. The summed E-state index contributed by atoms with van der Waals surface area (Å²) in [5, 5.41) is 23.6. The molecule has 0 aliphatic heterocycles. The number of nitrogens with zero attached hydrogens (tertiary/aromatic N) is 2. The highest BCUT2D eigenvalue weighted by Crippen LogP contribution is 2.28. The van der Waals surface area contributed by atoms with E-state index in [1.807, 2.05) is 18.2 Å². The summed E-state index contributed by atoms with van der Waals surface area (Å²) in [4.78, 5) is 11.7. The molecule has 0 bridgehead atoms. The van der Waals surface area contributed by atoms with Crippen LogP contribution in [0.1, 0.15) is 24.0 Å². The fourth-order valence-corrected chi connectivity index (χ4v) is 7.59. The predicted octanol–water partition coefficient (Wildman–Crippen LogP) is 4.82. The molecule has 13 heteroatoms. The summed E-state index contributed by atoms with van der Waals surface area (Å²) in [6.07, 6.45) is 2.05. The lowest BCUT2D eigenvalue weighted by Gasteiger charge is -2.04. The number of aromatic nitrogens is 4. The highest BCUT2D eigenvalue weighted by Gasteiger charge is 2.24. The number of methoxy groups -OCH3 is 1. The number of hydrogen-bond donors (Lipinski definition) is 3. The first-order valence-corrected chi connectivity index (χ1v) is 17.3. The molecule has 6 rings (SSSR count). The van der Waals surface area contributed by atoms with Gasteiger partial charge in [0.25, 0.3) is 0 Å². The van der Waals surface area contributed by atoms with Crippen molar-refractivity contribution < 1.29 is 31.5 Å². The number of esters is 1. The molecule has 3 N–H and O–H groups in total. The van der Waals surface area contributed by atoms with Gasteiger partial charge in [0.2, 0.25) is 19.7 Å². The zero-order chi connectivity index (χ0) is 32.7. The molecule has 238 valence electrons. The van der Waals surface area contributed by atoms with Crippen LogP contribution in [-0.4, -0.2) is 62.0 Å². The number of aliphatic hydroxyl groups is 1. The summed E-state index contributed by atoms with van der Waals surface area (Å²) in [6.45, 7) is 0.110. The van der Waals surface area contributed by atoms with E-state index in [0.29, 0.717) is 41.1 Å². The van der Waals surface area contributed by atoms with Crippen LogP contribution in [0.25, 0.3) is 21.8 Å². The summed E-state index contributed by atoms with van der Waals surface area (Å²) >= 11 is 0. The number of benzene rings is 4. The highest BCUT2D eigenvalue weighted by atomic mass is 32.2. The first-order valence-electron chi connectivity index (χ1n) is 14.4. The standard InChI is InChI=1S/C17H16N2O4S.C16H16N2O3S/c1-23-16(20)10-8-12-7-9-15-14(11-12)17(19-18-15)24(21,22)13-5-3-2-4-6-13;19-10-4-5-12-8-9-15-14(11-12)16(18-17-15)22(20,21)13-6-2-1-3-7-13/h2-7,9,11H,8,10H2,1H3,(H,18,19);1-3,6-9,11,19H,4-5,10H2,(H,17,18). The van der Waals surface area contributed by atoms with Crippen LogP contribution < -0.4 is 0 Å². The van der Waals surface area contributed by atoms with E-state index in [2.05, 4.69) is 25.1 Å². The van der Waals surface area contributed by atoms with Gasteiger partial charge in [0.15, 0.2) is 10.1 Å². The molecule has 0 atom stereocenters. The van der Waals surface area contributed by atoms with E-state index >= 15 is 0 Å². The Hall–Kier alpha value is -4.85. The molecule has 0 saturated carbocycles. The van der Waals surface area contributed by atoms with Gasteiger partial charge in [0.05, 0.1) is 27.9 Å². The van der Waals surface area contributed by atoms with Crippen molar-refractivity contribution >= 4 is 47.4 Å². The zero-order valence-electron chi connectivity index (χ0n) is 24.9. The number of fused-ring (bicyclic) bond motifs is 2. The molecule has 0 aliphatic carbocycles. The minimum atomic E-state index is -3.68. The molecule has 0 spiro atoms. The summed E-state index contributed by atoms with van der Waals surface area (Å²) in [6, 6.07) is 27.3. The van der Waals surface area contributed by atoms with E-state index in [4.69, 9.17) is 5.11 Å². The Bertz CT molecular complexity index is 2180. The van der Waals surface area contributed by atoms with Gasteiger partial charge >= 0.3 is 5.97 Å². The Morgan fingerprint density at radius 3 is 1.59 bits per heavy atom. The van der Waals surface area contributed by atoms with Crippen molar-refractivity contribution in [2.45, 2.75) is 45.5 Å². The second kappa shape index (κ2) is 14.1. The summed E-state index contributed by atoms with van der Waals surface area (Å²) in [5.74, 6) is -0.306. The Morgan fingerprint density at radius 2 is 1.15 bits per heavy atom. The van der Waals surface area contributed by atoms with E-state index in [0.717, 1.165) is 11.1 Å². The molecule has 0 radical (unpaired) electrons. The number of aliphatic hydroxyl groups excluding tert-OH is 1. The molecule has 0 amide bonds. The average molecular weight is 661 g/mol. The van der Waals surface area contributed by atoms with E-state index in [1.54, 1.807) is 78.9 Å². The number of nitrogens with one attached hydrogen (secondary N) is 2. The van der Waals surface area contributed by atoms with Crippen molar-refractivity contribution in [3.8, 4) is 0 Å². The third-order valence-electron chi connectivity index (χ3n) is 7.28. The first-order chi connectivity index (χ1) is 22.1. The van der Waals surface area contributed by atoms with Gasteiger partial charge in [-0.15, -0.1) is 0 Å². The lowest BCUT2D eigenvalue weighted by atomic mass is 10.1. The van der Waals surface area contributed by atoms with Gasteiger partial charge in [-0.2, -0.15) is 10.2 Å². The molecule has 0 unspecified atom stereocenters. The van der Waals surface area contributed by atoms with E-state index < -0.39 is 19.7 Å². The molecule has 0 fully saturated rings. The van der Waals surface area contributed by atoms with Gasteiger partial charge in [-0.05, 0) is 78.9 Å². The molecule has 0 aliphatic rings. The topological polar surface area (TPSA) is 172 Å². The summed E-state index contributed by atoms with van der Waals surface area (Å²) in [5.41, 5.74) is 3.00. The molecular formula is C33H32N4O7S2. The maximum absolute atomic E-state index is 12.8. The van der Waals surface area contributed by atoms with Crippen LogP contribution in [-0.2, 0) is 42.0 Å². The molecule has 4 aromatic carbocycles. The number of ether oxygens (including phenoxy) is 1. The van der Waals surface area contributed by atoms with Crippen LogP contribution >= 0.6 is 0 Å². The number of carbonyl (C=O) groups is 1. The van der Waals surface area contributed by atoms with Gasteiger partial charge in [0, 0.05) is 23.8 Å². The van der Waals surface area contributed by atoms with E-state index in [9.17, 15) is 21.6 Å². The number of H-pyrrole nitrogens is 2. The van der Waals surface area contributed by atoms with Crippen molar-refractivity contribution in [2.24, 2.45) is 0 Å². The number of rotatable bonds is 10. The Labute approximate surface area is 266 Å². The van der Waals surface area contributed by atoms with Crippen LogP contribution in [0.2, 0.25) is 0 Å².